The number of nitrogens with one attached hydrogen (secondary N) is 1. The number of benzene rings is 1. The van der Waals surface area contributed by atoms with Crippen molar-refractivity contribution in [3.05, 3.63) is 41.7 Å². The fraction of sp³-hybridized carbons (Fsp3) is 0.143. The van der Waals surface area contributed by atoms with Gasteiger partial charge in [-0.25, -0.2) is 0 Å². The maximum absolute atomic E-state index is 5.32. The molecule has 0 fully saturated rings. The zero-order chi connectivity index (χ0) is 14.9. The zero-order valence-corrected chi connectivity index (χ0v) is 11.7. The van der Waals surface area contributed by atoms with Crippen LogP contribution in [0, 0.1) is 6.92 Å². The van der Waals surface area contributed by atoms with E-state index in [1.807, 2.05) is 31.2 Å². The Balaban J connectivity index is 1.52. The lowest BCUT2D eigenvalue weighted by Gasteiger charge is -2.01. The first-order valence-electron chi connectivity index (χ1n) is 6.67. The molecule has 0 bridgehead atoms. The van der Waals surface area contributed by atoms with Crippen LogP contribution >= 0.6 is 0 Å². The van der Waals surface area contributed by atoms with Crippen LogP contribution in [0.5, 0.6) is 11.5 Å². The number of anilines is 1. The largest absolute Gasteiger partial charge is 0.454 e. The van der Waals surface area contributed by atoms with E-state index in [2.05, 4.69) is 25.8 Å². The highest BCUT2D eigenvalue weighted by Crippen LogP contribution is 2.31. The van der Waals surface area contributed by atoms with Crippen molar-refractivity contribution in [2.75, 3.05) is 12.2 Å². The average Bonchev–Trinajstić information content (AvgIpc) is 3.14. The molecule has 1 aliphatic heterocycles. The normalized spacial score (nSPS) is 13.1. The standard InChI is InChI=1S/C14H12N6O2/c1-9-16-18-14-5-4-13(19-20(9)14)17-15-7-10-2-3-11-12(6-10)22-8-21-11/h2-7H,8H2,1H3,(H,17,19). The smallest absolute Gasteiger partial charge is 0.231 e. The van der Waals surface area contributed by atoms with Crippen molar-refractivity contribution in [1.29, 1.82) is 0 Å². The molecule has 0 unspecified atom stereocenters. The summed E-state index contributed by atoms with van der Waals surface area (Å²) in [7, 11) is 0. The minimum atomic E-state index is 0.260. The number of hydrogen-bond donors (Lipinski definition) is 1. The minimum Gasteiger partial charge on any atom is -0.454 e. The lowest BCUT2D eigenvalue weighted by atomic mass is 10.2. The Morgan fingerprint density at radius 3 is 3.05 bits per heavy atom. The molecule has 4 rings (SSSR count). The predicted molar refractivity (Wildman–Crippen MR) is 79.3 cm³/mol. The van der Waals surface area contributed by atoms with Gasteiger partial charge in [0.15, 0.2) is 28.8 Å². The topological polar surface area (TPSA) is 85.9 Å². The van der Waals surface area contributed by atoms with Crippen LogP contribution in [0.3, 0.4) is 0 Å². The Hall–Kier alpha value is -3.16. The molecule has 1 aromatic carbocycles. The van der Waals surface area contributed by atoms with Gasteiger partial charge >= 0.3 is 0 Å². The Kier molecular flexibility index (Phi) is 2.85. The molecule has 1 N–H and O–H groups in total. The maximum Gasteiger partial charge on any atom is 0.231 e. The van der Waals surface area contributed by atoms with Crippen molar-refractivity contribution < 1.29 is 9.47 Å². The quantitative estimate of drug-likeness (QED) is 0.583. The lowest BCUT2D eigenvalue weighted by Crippen LogP contribution is -2.00. The molecule has 0 saturated heterocycles. The van der Waals surface area contributed by atoms with Crippen molar-refractivity contribution in [3.63, 3.8) is 0 Å². The van der Waals surface area contributed by atoms with Crippen LogP contribution in [0.2, 0.25) is 0 Å². The van der Waals surface area contributed by atoms with Gasteiger partial charge in [0.05, 0.1) is 6.21 Å². The van der Waals surface area contributed by atoms with Crippen molar-refractivity contribution in [2.45, 2.75) is 6.92 Å². The van der Waals surface area contributed by atoms with Gasteiger partial charge in [0, 0.05) is 0 Å². The highest BCUT2D eigenvalue weighted by Gasteiger charge is 2.12. The van der Waals surface area contributed by atoms with Crippen LogP contribution in [0.25, 0.3) is 5.65 Å². The van der Waals surface area contributed by atoms with E-state index < -0.39 is 0 Å². The second kappa shape index (κ2) is 4.99. The van der Waals surface area contributed by atoms with Crippen LogP contribution in [0.4, 0.5) is 5.82 Å². The molecule has 3 heterocycles. The summed E-state index contributed by atoms with van der Waals surface area (Å²) in [5, 5.41) is 16.5. The first kappa shape index (κ1) is 12.6. The van der Waals surface area contributed by atoms with E-state index in [4.69, 9.17) is 9.47 Å². The molecule has 0 atom stereocenters. The van der Waals surface area contributed by atoms with Crippen LogP contribution in [-0.4, -0.2) is 32.8 Å². The first-order valence-corrected chi connectivity index (χ1v) is 6.67. The molecule has 2 aromatic heterocycles. The summed E-state index contributed by atoms with van der Waals surface area (Å²) in [6.07, 6.45) is 1.69. The third-order valence-electron chi connectivity index (χ3n) is 3.21. The first-order chi connectivity index (χ1) is 10.8. The molecule has 0 amide bonds. The van der Waals surface area contributed by atoms with Crippen LogP contribution in [-0.2, 0) is 0 Å². The zero-order valence-electron chi connectivity index (χ0n) is 11.7. The van der Waals surface area contributed by atoms with Gasteiger partial charge in [-0.1, -0.05) is 0 Å². The molecule has 8 heteroatoms. The van der Waals surface area contributed by atoms with Gasteiger partial charge in [-0.2, -0.15) is 9.62 Å². The second-order valence-electron chi connectivity index (χ2n) is 4.72. The van der Waals surface area contributed by atoms with Crippen molar-refractivity contribution in [2.24, 2.45) is 5.10 Å². The summed E-state index contributed by atoms with van der Waals surface area (Å²) >= 11 is 0. The van der Waals surface area contributed by atoms with Crippen LogP contribution in [0.1, 0.15) is 11.4 Å². The number of hydrazone groups is 1. The molecule has 8 nitrogen and oxygen atoms in total. The number of nitrogens with zero attached hydrogens (tertiary/aromatic N) is 5. The van der Waals surface area contributed by atoms with E-state index in [1.54, 1.807) is 16.8 Å². The molecule has 0 spiro atoms. The predicted octanol–water partition coefficient (Wildman–Crippen LogP) is 1.61. The number of aromatic nitrogens is 4. The lowest BCUT2D eigenvalue weighted by molar-refractivity contribution is 0.174. The minimum absolute atomic E-state index is 0.260. The average molecular weight is 296 g/mol. The summed E-state index contributed by atoms with van der Waals surface area (Å²) in [6, 6.07) is 9.24. The monoisotopic (exact) mass is 296 g/mol. The molecular weight excluding hydrogens is 284 g/mol. The van der Waals surface area contributed by atoms with Gasteiger partial charge < -0.3 is 9.47 Å². The Labute approximate surface area is 125 Å². The number of rotatable bonds is 3. The van der Waals surface area contributed by atoms with Gasteiger partial charge in [0.2, 0.25) is 6.79 Å². The van der Waals surface area contributed by atoms with Gasteiger partial charge in [-0.15, -0.1) is 15.3 Å². The highest BCUT2D eigenvalue weighted by molar-refractivity contribution is 5.81. The molecule has 0 aliphatic carbocycles. The van der Waals surface area contributed by atoms with Crippen LogP contribution in [0.15, 0.2) is 35.4 Å². The molecule has 22 heavy (non-hydrogen) atoms. The fourth-order valence-corrected chi connectivity index (χ4v) is 2.12. The Morgan fingerprint density at radius 2 is 2.09 bits per heavy atom. The van der Waals surface area contributed by atoms with E-state index in [-0.39, 0.29) is 6.79 Å². The number of fused-ring (bicyclic) bond motifs is 2. The molecular formula is C14H12N6O2. The number of ether oxygens (including phenoxy) is 2. The summed E-state index contributed by atoms with van der Waals surface area (Å²) in [5.74, 6) is 2.80. The Bertz CT molecular complexity index is 873. The SMILES string of the molecule is Cc1nnc2ccc(NN=Cc3ccc4c(c3)OCO4)nn12. The molecule has 110 valence electrons. The summed E-state index contributed by atoms with van der Waals surface area (Å²) < 4.78 is 12.2. The van der Waals surface area contributed by atoms with E-state index in [0.29, 0.717) is 11.5 Å². The second-order valence-corrected chi connectivity index (χ2v) is 4.72. The molecule has 0 saturated carbocycles. The van der Waals surface area contributed by atoms with E-state index in [1.165, 1.54) is 0 Å². The molecule has 3 aromatic rings. The summed E-state index contributed by atoms with van der Waals surface area (Å²) in [4.78, 5) is 0. The van der Waals surface area contributed by atoms with Gasteiger partial charge in [-0.05, 0) is 42.8 Å². The van der Waals surface area contributed by atoms with Crippen LogP contribution < -0.4 is 14.9 Å². The number of aryl methyl sites for hydroxylation is 1. The molecule has 0 radical (unpaired) electrons. The third kappa shape index (κ3) is 2.20. The van der Waals surface area contributed by atoms with Crippen molar-refractivity contribution >= 4 is 17.7 Å². The third-order valence-corrected chi connectivity index (χ3v) is 3.21. The maximum atomic E-state index is 5.32. The fourth-order valence-electron chi connectivity index (χ4n) is 2.12. The highest BCUT2D eigenvalue weighted by atomic mass is 16.7. The summed E-state index contributed by atoms with van der Waals surface area (Å²) in [6.45, 7) is 2.10. The van der Waals surface area contributed by atoms with Gasteiger partial charge in [-0.3, -0.25) is 5.43 Å². The van der Waals surface area contributed by atoms with Gasteiger partial charge in [0.25, 0.3) is 0 Å². The van der Waals surface area contributed by atoms with Crippen molar-refractivity contribution in [3.8, 4) is 11.5 Å². The molecule has 1 aliphatic rings. The van der Waals surface area contributed by atoms with E-state index >= 15 is 0 Å². The van der Waals surface area contributed by atoms with Crippen molar-refractivity contribution in [1.82, 2.24) is 19.8 Å². The number of hydrogen-bond acceptors (Lipinski definition) is 7. The van der Waals surface area contributed by atoms with E-state index in [9.17, 15) is 0 Å². The Morgan fingerprint density at radius 1 is 1.18 bits per heavy atom. The van der Waals surface area contributed by atoms with Gasteiger partial charge in [0.1, 0.15) is 0 Å². The summed E-state index contributed by atoms with van der Waals surface area (Å²) in [5.41, 5.74) is 4.48. The van der Waals surface area contributed by atoms with E-state index in [0.717, 1.165) is 22.9 Å².